The van der Waals surface area contributed by atoms with Gasteiger partial charge in [-0.05, 0) is 54.4 Å². The molecule has 0 spiro atoms. The largest absolute Gasteiger partial charge is 0.493 e. The number of aliphatic carboxylic acids is 1. The lowest BCUT2D eigenvalue weighted by atomic mass is 10.0. The fraction of sp³-hybridized carbons (Fsp3) is 0.192. The summed E-state index contributed by atoms with van der Waals surface area (Å²) >= 11 is 0. The average Bonchev–Trinajstić information content (AvgIpc) is 2.85. The minimum Gasteiger partial charge on any atom is -0.493 e. The molecule has 0 bridgehead atoms. The summed E-state index contributed by atoms with van der Waals surface area (Å²) < 4.78 is 33.8. The van der Waals surface area contributed by atoms with E-state index in [0.717, 1.165) is 5.56 Å². The van der Waals surface area contributed by atoms with E-state index in [1.807, 2.05) is 13.0 Å². The van der Waals surface area contributed by atoms with Crippen molar-refractivity contribution >= 4 is 28.1 Å². The van der Waals surface area contributed by atoms with Crippen molar-refractivity contribution in [2.24, 2.45) is 5.10 Å². The highest BCUT2D eigenvalue weighted by Crippen LogP contribution is 2.21. The highest BCUT2D eigenvalue weighted by molar-refractivity contribution is 7.89. The van der Waals surface area contributed by atoms with E-state index in [9.17, 15) is 18.0 Å². The van der Waals surface area contributed by atoms with Gasteiger partial charge in [-0.1, -0.05) is 48.0 Å². The van der Waals surface area contributed by atoms with Gasteiger partial charge in [0.1, 0.15) is 5.75 Å². The van der Waals surface area contributed by atoms with Crippen LogP contribution < -0.4 is 14.9 Å². The number of carbonyl (C=O) groups is 2. The van der Waals surface area contributed by atoms with Crippen LogP contribution in [0.1, 0.15) is 35.6 Å². The van der Waals surface area contributed by atoms with Crippen LogP contribution in [0.15, 0.2) is 88.9 Å². The first-order valence-corrected chi connectivity index (χ1v) is 12.6. The average molecular weight is 510 g/mol. The Bertz CT molecular complexity index is 1290. The van der Waals surface area contributed by atoms with Gasteiger partial charge >= 0.3 is 5.97 Å². The quantitative estimate of drug-likeness (QED) is 0.253. The van der Waals surface area contributed by atoms with Crippen LogP contribution in [0.2, 0.25) is 0 Å². The maximum atomic E-state index is 12.9. The van der Waals surface area contributed by atoms with E-state index in [2.05, 4.69) is 15.2 Å². The molecular weight excluding hydrogens is 482 g/mol. The molecule has 9 nitrogen and oxygen atoms in total. The highest BCUT2D eigenvalue weighted by atomic mass is 32.2. The first kappa shape index (κ1) is 26.6. The second-order valence-electron chi connectivity index (χ2n) is 7.96. The predicted molar refractivity (Wildman–Crippen MR) is 135 cm³/mol. The molecule has 0 aliphatic carbocycles. The molecule has 3 aromatic carbocycles. The van der Waals surface area contributed by atoms with E-state index < -0.39 is 27.9 Å². The minimum absolute atomic E-state index is 0.0646. The van der Waals surface area contributed by atoms with Crippen LogP contribution in [-0.2, 0) is 19.6 Å². The fourth-order valence-electron chi connectivity index (χ4n) is 3.20. The van der Waals surface area contributed by atoms with Crippen LogP contribution in [0.5, 0.6) is 5.75 Å². The van der Waals surface area contributed by atoms with Crippen molar-refractivity contribution in [3.63, 3.8) is 0 Å². The lowest BCUT2D eigenvalue weighted by Crippen LogP contribution is -2.32. The van der Waals surface area contributed by atoms with E-state index >= 15 is 0 Å². The fourth-order valence-corrected chi connectivity index (χ4v) is 4.43. The van der Waals surface area contributed by atoms with Crippen molar-refractivity contribution in [3.8, 4) is 5.75 Å². The minimum atomic E-state index is -3.86. The number of aryl methyl sites for hydroxylation is 1. The van der Waals surface area contributed by atoms with E-state index in [0.29, 0.717) is 16.9 Å². The van der Waals surface area contributed by atoms with Gasteiger partial charge in [-0.3, -0.25) is 9.59 Å². The summed E-state index contributed by atoms with van der Waals surface area (Å²) in [6, 6.07) is 21.2. The maximum absolute atomic E-state index is 12.9. The summed E-state index contributed by atoms with van der Waals surface area (Å²) in [5, 5.41) is 12.6. The monoisotopic (exact) mass is 509 g/mol. The molecule has 0 aromatic heterocycles. The Hall–Kier alpha value is -4.02. The van der Waals surface area contributed by atoms with Gasteiger partial charge in [0, 0.05) is 6.42 Å². The van der Waals surface area contributed by atoms with Crippen molar-refractivity contribution in [2.75, 3.05) is 6.61 Å². The van der Waals surface area contributed by atoms with Gasteiger partial charge in [0.15, 0.2) is 0 Å². The number of benzene rings is 3. The maximum Gasteiger partial charge on any atom is 0.306 e. The number of carboxylic acids is 1. The molecule has 0 radical (unpaired) electrons. The Balaban J connectivity index is 1.62. The van der Waals surface area contributed by atoms with Gasteiger partial charge < -0.3 is 9.84 Å². The van der Waals surface area contributed by atoms with Crippen molar-refractivity contribution in [2.45, 2.75) is 30.7 Å². The molecule has 0 aliphatic rings. The predicted octanol–water partition coefficient (Wildman–Crippen LogP) is 3.41. The molecule has 36 heavy (non-hydrogen) atoms. The van der Waals surface area contributed by atoms with E-state index in [-0.39, 0.29) is 24.3 Å². The number of ether oxygens (including phenoxy) is 1. The smallest absolute Gasteiger partial charge is 0.306 e. The highest BCUT2D eigenvalue weighted by Gasteiger charge is 2.23. The molecule has 3 N–H and O–H groups in total. The molecular formula is C26H27N3O6S. The number of hydrogen-bond donors (Lipinski definition) is 3. The number of sulfonamides is 1. The molecule has 0 heterocycles. The standard InChI is InChI=1S/C26H27N3O6S/c1-19-7-13-23(14-8-19)36(33,34)29-24(21-5-3-2-4-6-21)17-25(30)28-27-18-20-9-11-22(12-10-20)35-16-15-26(31)32/h2-14,18,24,29H,15-17H2,1H3,(H,28,30)(H,31,32)/b27-18-/t24-/m1/s1. The molecule has 0 aliphatic heterocycles. The molecule has 0 fully saturated rings. The Morgan fingerprint density at radius 3 is 2.31 bits per heavy atom. The van der Waals surface area contributed by atoms with Crippen molar-refractivity contribution in [1.82, 2.24) is 10.1 Å². The van der Waals surface area contributed by atoms with Crippen molar-refractivity contribution < 1.29 is 27.9 Å². The Morgan fingerprint density at radius 1 is 1.00 bits per heavy atom. The SMILES string of the molecule is Cc1ccc(S(=O)(=O)N[C@H](CC(=O)N/N=C\c2ccc(OCCC(=O)O)cc2)c2ccccc2)cc1. The van der Waals surface area contributed by atoms with Gasteiger partial charge in [0.25, 0.3) is 0 Å². The summed E-state index contributed by atoms with van der Waals surface area (Å²) in [5.41, 5.74) is 4.69. The molecule has 1 atom stereocenters. The molecule has 3 rings (SSSR count). The Morgan fingerprint density at radius 2 is 1.67 bits per heavy atom. The third kappa shape index (κ3) is 8.33. The number of amides is 1. The number of carbonyl (C=O) groups excluding carboxylic acids is 1. The number of hydrogen-bond acceptors (Lipinski definition) is 6. The second kappa shape index (κ2) is 12.6. The van der Waals surface area contributed by atoms with Crippen molar-refractivity contribution in [3.05, 3.63) is 95.6 Å². The third-order valence-corrected chi connectivity index (χ3v) is 6.58. The van der Waals surface area contributed by atoms with E-state index in [4.69, 9.17) is 9.84 Å². The zero-order valence-corrected chi connectivity index (χ0v) is 20.4. The number of hydrazone groups is 1. The Kier molecular flexibility index (Phi) is 9.32. The lowest BCUT2D eigenvalue weighted by molar-refractivity contribution is -0.137. The van der Waals surface area contributed by atoms with Crippen LogP contribution in [0.3, 0.4) is 0 Å². The van der Waals surface area contributed by atoms with Crippen LogP contribution in [0, 0.1) is 6.92 Å². The summed E-state index contributed by atoms with van der Waals surface area (Å²) in [6.07, 6.45) is 1.18. The van der Waals surface area contributed by atoms with Crippen LogP contribution >= 0.6 is 0 Å². The second-order valence-corrected chi connectivity index (χ2v) is 9.67. The van der Waals surface area contributed by atoms with Gasteiger partial charge in [0.05, 0.1) is 30.2 Å². The zero-order chi connectivity index (χ0) is 26.0. The summed E-state index contributed by atoms with van der Waals surface area (Å²) in [6.45, 7) is 1.93. The lowest BCUT2D eigenvalue weighted by Gasteiger charge is -2.18. The molecule has 1 amide bonds. The molecule has 188 valence electrons. The van der Waals surface area contributed by atoms with Gasteiger partial charge in [-0.25, -0.2) is 18.6 Å². The van der Waals surface area contributed by atoms with Gasteiger partial charge in [-0.2, -0.15) is 5.10 Å². The summed E-state index contributed by atoms with van der Waals surface area (Å²) in [7, 11) is -3.86. The zero-order valence-electron chi connectivity index (χ0n) is 19.6. The Labute approximate surface area is 209 Å². The van der Waals surface area contributed by atoms with Crippen LogP contribution in [0.25, 0.3) is 0 Å². The summed E-state index contributed by atoms with van der Waals surface area (Å²) in [5.74, 6) is -0.892. The normalized spacial score (nSPS) is 12.2. The topological polar surface area (TPSA) is 134 Å². The first-order chi connectivity index (χ1) is 17.2. The molecule has 0 saturated carbocycles. The molecule has 3 aromatic rings. The van der Waals surface area contributed by atoms with Gasteiger partial charge in [0.2, 0.25) is 15.9 Å². The van der Waals surface area contributed by atoms with Crippen LogP contribution in [0.4, 0.5) is 0 Å². The summed E-state index contributed by atoms with van der Waals surface area (Å²) in [4.78, 5) is 23.2. The molecule has 10 heteroatoms. The number of nitrogens with one attached hydrogen (secondary N) is 2. The molecule has 0 saturated heterocycles. The first-order valence-electron chi connectivity index (χ1n) is 11.1. The number of carboxylic acid groups (broad SMARTS) is 1. The van der Waals surface area contributed by atoms with Gasteiger partial charge in [-0.15, -0.1) is 0 Å². The molecule has 0 unspecified atom stereocenters. The number of nitrogens with zero attached hydrogens (tertiary/aromatic N) is 1. The third-order valence-electron chi connectivity index (χ3n) is 5.09. The number of rotatable bonds is 12. The van der Waals surface area contributed by atoms with Crippen LogP contribution in [-0.4, -0.2) is 38.2 Å². The van der Waals surface area contributed by atoms with E-state index in [1.165, 1.54) is 18.3 Å². The van der Waals surface area contributed by atoms with Crippen molar-refractivity contribution in [1.29, 1.82) is 0 Å². The van der Waals surface area contributed by atoms with E-state index in [1.54, 1.807) is 60.7 Å².